The number of guanidine groups is 1. The number of rotatable bonds is 9. The van der Waals surface area contributed by atoms with Gasteiger partial charge in [0.25, 0.3) is 0 Å². The van der Waals surface area contributed by atoms with Crippen LogP contribution in [0.3, 0.4) is 0 Å². The molecule has 4 N–H and O–H groups in total. The third-order valence-corrected chi connectivity index (χ3v) is 4.57. The highest BCUT2D eigenvalue weighted by molar-refractivity contribution is 14.0. The minimum Gasteiger partial charge on any atom is -0.444 e. The van der Waals surface area contributed by atoms with Crippen LogP contribution in [-0.4, -0.2) is 72.8 Å². The lowest BCUT2D eigenvalue weighted by Crippen LogP contribution is -2.52. The molecular formula is C19H37IN6O4. The van der Waals surface area contributed by atoms with Crippen LogP contribution in [0.25, 0.3) is 0 Å². The lowest BCUT2D eigenvalue weighted by atomic mass is 9.93. The average molecular weight is 540 g/mol. The van der Waals surface area contributed by atoms with Gasteiger partial charge in [0.05, 0.1) is 18.6 Å². The summed E-state index contributed by atoms with van der Waals surface area (Å²) in [6, 6.07) is -0.378. The highest BCUT2D eigenvalue weighted by Gasteiger charge is 2.31. The maximum atomic E-state index is 12.3. The Balaban J connectivity index is 0.00000841. The van der Waals surface area contributed by atoms with Crippen molar-refractivity contribution in [3.8, 4) is 0 Å². The molecule has 0 unspecified atom stereocenters. The normalized spacial score (nSPS) is 14.7. The smallest absolute Gasteiger partial charge is 0.408 e. The van der Waals surface area contributed by atoms with Crippen LogP contribution in [0.15, 0.2) is 4.99 Å². The third kappa shape index (κ3) is 9.35. The molecule has 1 fully saturated rings. The molecule has 0 aromatic rings. The summed E-state index contributed by atoms with van der Waals surface area (Å²) in [7, 11) is 0. The van der Waals surface area contributed by atoms with E-state index in [0.29, 0.717) is 38.4 Å². The predicted octanol–water partition coefficient (Wildman–Crippen LogP) is 1.79. The zero-order valence-electron chi connectivity index (χ0n) is 18.9. The number of carbonyl (C=O) groups is 3. The van der Waals surface area contributed by atoms with E-state index < -0.39 is 17.2 Å². The molecule has 1 heterocycles. The van der Waals surface area contributed by atoms with E-state index >= 15 is 0 Å². The average Bonchev–Trinajstić information content (AvgIpc) is 2.95. The van der Waals surface area contributed by atoms with Gasteiger partial charge in [-0.2, -0.15) is 0 Å². The first kappa shape index (κ1) is 28.2. The van der Waals surface area contributed by atoms with Gasteiger partial charge >= 0.3 is 12.1 Å². The van der Waals surface area contributed by atoms with Crippen molar-refractivity contribution in [1.29, 1.82) is 0 Å². The zero-order valence-corrected chi connectivity index (χ0v) is 21.2. The number of alkyl carbamates (subject to hydrolysis) is 1. The van der Waals surface area contributed by atoms with Gasteiger partial charge in [0.15, 0.2) is 5.96 Å². The molecule has 0 aromatic carbocycles. The van der Waals surface area contributed by atoms with E-state index in [9.17, 15) is 14.4 Å². The van der Waals surface area contributed by atoms with Crippen molar-refractivity contribution in [3.63, 3.8) is 0 Å². The zero-order chi connectivity index (χ0) is 22.1. The van der Waals surface area contributed by atoms with E-state index in [1.807, 2.05) is 41.5 Å². The number of carbonyl (C=O) groups excluding carboxylic acids is 3. The van der Waals surface area contributed by atoms with Crippen molar-refractivity contribution in [2.24, 2.45) is 4.99 Å². The van der Waals surface area contributed by atoms with Crippen LogP contribution in [0.1, 0.15) is 54.4 Å². The molecule has 1 saturated heterocycles. The molecule has 0 bridgehead atoms. The monoisotopic (exact) mass is 540 g/mol. The van der Waals surface area contributed by atoms with Crippen molar-refractivity contribution in [3.05, 3.63) is 0 Å². The Morgan fingerprint density at radius 1 is 1.17 bits per heavy atom. The van der Waals surface area contributed by atoms with Crippen LogP contribution in [-0.2, 0) is 9.53 Å². The van der Waals surface area contributed by atoms with Gasteiger partial charge < -0.3 is 26.0 Å². The third-order valence-electron chi connectivity index (χ3n) is 4.57. The molecule has 1 aliphatic heterocycles. The molecular weight excluding hydrogens is 503 g/mol. The van der Waals surface area contributed by atoms with Crippen molar-refractivity contribution >= 4 is 48.0 Å². The summed E-state index contributed by atoms with van der Waals surface area (Å²) < 4.78 is 5.39. The van der Waals surface area contributed by atoms with Gasteiger partial charge in [-0.25, -0.2) is 9.59 Å². The van der Waals surface area contributed by atoms with Gasteiger partial charge in [-0.15, -0.1) is 24.0 Å². The fourth-order valence-electron chi connectivity index (χ4n) is 2.75. The fraction of sp³-hybridized carbons (Fsp3) is 0.789. The molecule has 0 saturated carbocycles. The molecule has 0 atom stereocenters. The first-order chi connectivity index (χ1) is 13.6. The van der Waals surface area contributed by atoms with Crippen LogP contribution in [0, 0.1) is 0 Å². The van der Waals surface area contributed by atoms with Gasteiger partial charge in [-0.3, -0.25) is 14.7 Å². The second-order valence-electron chi connectivity index (χ2n) is 7.94. The molecule has 0 radical (unpaired) electrons. The Hall–Kier alpha value is -1.79. The van der Waals surface area contributed by atoms with Crippen LogP contribution in [0.5, 0.6) is 0 Å². The Bertz CT molecular complexity index is 601. The molecule has 4 amide bonds. The Morgan fingerprint density at radius 2 is 1.80 bits per heavy atom. The Labute approximate surface area is 196 Å². The first-order valence-corrected chi connectivity index (χ1v) is 10.2. The maximum absolute atomic E-state index is 12.3. The van der Waals surface area contributed by atoms with Gasteiger partial charge in [0.1, 0.15) is 5.60 Å². The largest absolute Gasteiger partial charge is 0.444 e. The molecule has 30 heavy (non-hydrogen) atoms. The predicted molar refractivity (Wildman–Crippen MR) is 127 cm³/mol. The summed E-state index contributed by atoms with van der Waals surface area (Å²) in [5, 5.41) is 11.7. The number of hydrogen-bond donors (Lipinski definition) is 4. The van der Waals surface area contributed by atoms with E-state index in [0.717, 1.165) is 0 Å². The summed E-state index contributed by atoms with van der Waals surface area (Å²) in [6.45, 7) is 13.1. The quantitative estimate of drug-likeness (QED) is 0.153. The van der Waals surface area contributed by atoms with Crippen molar-refractivity contribution in [2.75, 3.05) is 32.7 Å². The first-order valence-electron chi connectivity index (χ1n) is 10.2. The number of imide groups is 1. The molecule has 0 spiro atoms. The minimum atomic E-state index is -0.573. The number of urea groups is 1. The fourth-order valence-corrected chi connectivity index (χ4v) is 2.75. The highest BCUT2D eigenvalue weighted by atomic mass is 127. The van der Waals surface area contributed by atoms with Crippen LogP contribution in [0.4, 0.5) is 9.59 Å². The van der Waals surface area contributed by atoms with Gasteiger partial charge in [-0.1, -0.05) is 13.8 Å². The lowest BCUT2D eigenvalue weighted by Gasteiger charge is -2.32. The number of nitrogens with one attached hydrogen (secondary N) is 4. The van der Waals surface area contributed by atoms with Crippen molar-refractivity contribution in [2.45, 2.75) is 65.5 Å². The minimum absolute atomic E-state index is 0. The van der Waals surface area contributed by atoms with E-state index in [2.05, 4.69) is 26.3 Å². The number of amides is 4. The van der Waals surface area contributed by atoms with Crippen molar-refractivity contribution in [1.82, 2.24) is 26.2 Å². The van der Waals surface area contributed by atoms with Gasteiger partial charge in [0.2, 0.25) is 5.91 Å². The van der Waals surface area contributed by atoms with E-state index in [1.165, 1.54) is 4.90 Å². The van der Waals surface area contributed by atoms with E-state index in [4.69, 9.17) is 4.74 Å². The number of halogens is 1. The summed E-state index contributed by atoms with van der Waals surface area (Å²) >= 11 is 0. The SMILES string of the molecule is CCNC(=NCC(CC)(CC)NC(=O)OC(C)(C)C)NCCN1C(=O)CNC1=O.I. The van der Waals surface area contributed by atoms with E-state index in [-0.39, 0.29) is 49.0 Å². The number of ether oxygens (including phenoxy) is 1. The van der Waals surface area contributed by atoms with Crippen LogP contribution < -0.4 is 21.3 Å². The number of nitrogens with zero attached hydrogens (tertiary/aromatic N) is 2. The lowest BCUT2D eigenvalue weighted by molar-refractivity contribution is -0.124. The summed E-state index contributed by atoms with van der Waals surface area (Å²) in [6.07, 6.45) is 0.912. The molecule has 1 rings (SSSR count). The molecule has 174 valence electrons. The Kier molecular flexibility index (Phi) is 12.0. The summed E-state index contributed by atoms with van der Waals surface area (Å²) in [5.74, 6) is 0.313. The standard InChI is InChI=1S/C19H36N6O4.HI/c1-7-19(8-2,24-17(28)29-18(4,5)6)13-23-15(20-9-3)21-10-11-25-14(26)12-22-16(25)27;/h7-13H2,1-6H3,(H,22,27)(H,24,28)(H2,20,21,23);1H. The van der Waals surface area contributed by atoms with Crippen molar-refractivity contribution < 1.29 is 19.1 Å². The second kappa shape index (κ2) is 12.8. The maximum Gasteiger partial charge on any atom is 0.408 e. The van der Waals surface area contributed by atoms with E-state index in [1.54, 1.807) is 0 Å². The highest BCUT2D eigenvalue weighted by Crippen LogP contribution is 2.17. The van der Waals surface area contributed by atoms with Gasteiger partial charge in [-0.05, 0) is 40.5 Å². The molecule has 0 aromatic heterocycles. The van der Waals surface area contributed by atoms with Gasteiger partial charge in [0, 0.05) is 19.6 Å². The van der Waals surface area contributed by atoms with Crippen LogP contribution >= 0.6 is 24.0 Å². The second-order valence-corrected chi connectivity index (χ2v) is 7.94. The molecule has 1 aliphatic rings. The molecule has 11 heteroatoms. The van der Waals surface area contributed by atoms with Crippen LogP contribution in [0.2, 0.25) is 0 Å². The molecule has 0 aliphatic carbocycles. The summed E-state index contributed by atoms with van der Waals surface area (Å²) in [5.41, 5.74) is -1.11. The topological polar surface area (TPSA) is 124 Å². The Morgan fingerprint density at radius 3 is 2.27 bits per heavy atom. The summed E-state index contributed by atoms with van der Waals surface area (Å²) in [4.78, 5) is 41.3. The molecule has 10 nitrogen and oxygen atoms in total. The number of aliphatic imine (C=N–C) groups is 1. The number of hydrogen-bond acceptors (Lipinski definition) is 5.